The Bertz CT molecular complexity index is 750. The fourth-order valence-corrected chi connectivity index (χ4v) is 4.66. The summed E-state index contributed by atoms with van der Waals surface area (Å²) in [6, 6.07) is 11.9. The van der Waals surface area contributed by atoms with Crippen LogP contribution in [0.5, 0.6) is 0 Å². The van der Waals surface area contributed by atoms with Gasteiger partial charge in [0.2, 0.25) is 10.0 Å². The molecule has 1 amide bonds. The summed E-state index contributed by atoms with van der Waals surface area (Å²) in [6.07, 6.45) is 1.26. The van der Waals surface area contributed by atoms with Crippen LogP contribution in [0.1, 0.15) is 22.5 Å². The fourth-order valence-electron chi connectivity index (χ4n) is 2.64. The standard InChI is InChI=1S/C16H18N2O3S2/c19-16(15-7-4-12-22-15)18-10-8-13(9-11-18)17-23(20,21)14-5-2-1-3-6-14/h1-7,12-13,17H,8-11H2. The van der Waals surface area contributed by atoms with Crippen molar-refractivity contribution >= 4 is 27.3 Å². The molecule has 3 rings (SSSR count). The monoisotopic (exact) mass is 350 g/mol. The first-order chi connectivity index (χ1) is 11.1. The van der Waals surface area contributed by atoms with Crippen LogP contribution in [-0.2, 0) is 10.0 Å². The summed E-state index contributed by atoms with van der Waals surface area (Å²) >= 11 is 1.43. The van der Waals surface area contributed by atoms with Gasteiger partial charge in [-0.15, -0.1) is 11.3 Å². The molecule has 0 spiro atoms. The molecular weight excluding hydrogens is 332 g/mol. The van der Waals surface area contributed by atoms with Crippen LogP contribution in [0, 0.1) is 0 Å². The number of benzene rings is 1. The minimum absolute atomic E-state index is 0.0318. The van der Waals surface area contributed by atoms with Crippen LogP contribution < -0.4 is 4.72 Å². The van der Waals surface area contributed by atoms with E-state index in [0.29, 0.717) is 25.9 Å². The topological polar surface area (TPSA) is 66.5 Å². The average Bonchev–Trinajstić information content (AvgIpc) is 3.10. The van der Waals surface area contributed by atoms with Crippen molar-refractivity contribution in [2.45, 2.75) is 23.8 Å². The number of piperidine rings is 1. The van der Waals surface area contributed by atoms with Crippen molar-refractivity contribution in [1.29, 1.82) is 0 Å². The van der Waals surface area contributed by atoms with Gasteiger partial charge in [-0.25, -0.2) is 13.1 Å². The van der Waals surface area contributed by atoms with Crippen LogP contribution >= 0.6 is 11.3 Å². The molecule has 2 aromatic rings. The highest BCUT2D eigenvalue weighted by molar-refractivity contribution is 7.89. The van der Waals surface area contributed by atoms with E-state index in [1.165, 1.54) is 11.3 Å². The molecule has 1 saturated heterocycles. The number of sulfonamides is 1. The normalized spacial score (nSPS) is 16.4. The zero-order valence-corrected chi connectivity index (χ0v) is 14.1. The number of hydrogen-bond acceptors (Lipinski definition) is 4. The Balaban J connectivity index is 1.58. The van der Waals surface area contributed by atoms with Crippen molar-refractivity contribution in [3.63, 3.8) is 0 Å². The Kier molecular flexibility index (Phi) is 4.79. The van der Waals surface area contributed by atoms with Gasteiger partial charge in [-0.1, -0.05) is 24.3 Å². The summed E-state index contributed by atoms with van der Waals surface area (Å²) in [4.78, 5) is 15.1. The molecule has 2 heterocycles. The zero-order chi connectivity index (χ0) is 16.3. The van der Waals surface area contributed by atoms with Gasteiger partial charge in [0.15, 0.2) is 0 Å². The number of likely N-dealkylation sites (tertiary alicyclic amines) is 1. The highest BCUT2D eigenvalue weighted by Crippen LogP contribution is 2.18. The van der Waals surface area contributed by atoms with Gasteiger partial charge in [-0.2, -0.15) is 0 Å². The molecule has 0 aliphatic carbocycles. The van der Waals surface area contributed by atoms with E-state index in [-0.39, 0.29) is 16.8 Å². The van der Waals surface area contributed by atoms with Crippen LogP contribution in [0.3, 0.4) is 0 Å². The highest BCUT2D eigenvalue weighted by Gasteiger charge is 2.27. The smallest absolute Gasteiger partial charge is 0.263 e. The molecule has 1 aliphatic rings. The summed E-state index contributed by atoms with van der Waals surface area (Å²) in [6.45, 7) is 1.14. The van der Waals surface area contributed by atoms with Crippen LogP contribution in [0.15, 0.2) is 52.7 Å². The fraction of sp³-hybridized carbons (Fsp3) is 0.312. The SMILES string of the molecule is O=C(c1cccs1)N1CCC(NS(=O)(=O)c2ccccc2)CC1. The Labute approximate surface area is 140 Å². The van der Waals surface area contributed by atoms with Crippen molar-refractivity contribution in [3.8, 4) is 0 Å². The molecule has 0 unspecified atom stereocenters. The molecule has 7 heteroatoms. The molecule has 1 aromatic carbocycles. The number of thiophene rings is 1. The minimum atomic E-state index is -3.49. The summed E-state index contributed by atoms with van der Waals surface area (Å²) < 4.78 is 27.4. The summed E-state index contributed by atoms with van der Waals surface area (Å²) in [5.74, 6) is 0.0318. The molecule has 1 fully saturated rings. The van der Waals surface area contributed by atoms with E-state index in [1.54, 1.807) is 35.2 Å². The maximum absolute atomic E-state index is 12.3. The van der Waals surface area contributed by atoms with Crippen LogP contribution in [0.2, 0.25) is 0 Å². The molecule has 0 radical (unpaired) electrons. The summed E-state index contributed by atoms with van der Waals surface area (Å²) in [5.41, 5.74) is 0. The predicted molar refractivity (Wildman–Crippen MR) is 90.0 cm³/mol. The first-order valence-electron chi connectivity index (χ1n) is 7.46. The molecule has 0 saturated carbocycles. The Morgan fingerprint density at radius 3 is 2.39 bits per heavy atom. The van der Waals surface area contributed by atoms with Gasteiger partial charge in [-0.05, 0) is 36.4 Å². The highest BCUT2D eigenvalue weighted by atomic mass is 32.2. The van der Waals surface area contributed by atoms with Crippen molar-refractivity contribution in [1.82, 2.24) is 9.62 Å². The lowest BCUT2D eigenvalue weighted by atomic mass is 10.1. The summed E-state index contributed by atoms with van der Waals surface area (Å²) in [7, 11) is -3.49. The van der Waals surface area contributed by atoms with Gasteiger partial charge < -0.3 is 4.90 Å². The van der Waals surface area contributed by atoms with Gasteiger partial charge in [0.1, 0.15) is 0 Å². The Morgan fingerprint density at radius 2 is 1.78 bits per heavy atom. The van der Waals surface area contributed by atoms with E-state index in [1.807, 2.05) is 17.5 Å². The van der Waals surface area contributed by atoms with E-state index >= 15 is 0 Å². The van der Waals surface area contributed by atoms with Crippen molar-refractivity contribution in [3.05, 3.63) is 52.7 Å². The van der Waals surface area contributed by atoms with E-state index in [4.69, 9.17) is 0 Å². The number of hydrogen-bond donors (Lipinski definition) is 1. The second kappa shape index (κ2) is 6.82. The quantitative estimate of drug-likeness (QED) is 0.920. The third kappa shape index (κ3) is 3.80. The van der Waals surface area contributed by atoms with Crippen LogP contribution in [0.25, 0.3) is 0 Å². The van der Waals surface area contributed by atoms with Gasteiger partial charge in [0, 0.05) is 19.1 Å². The maximum Gasteiger partial charge on any atom is 0.263 e. The number of carbonyl (C=O) groups is 1. The molecule has 1 aliphatic heterocycles. The van der Waals surface area contributed by atoms with Crippen molar-refractivity contribution in [2.75, 3.05) is 13.1 Å². The number of carbonyl (C=O) groups excluding carboxylic acids is 1. The predicted octanol–water partition coefficient (Wildman–Crippen LogP) is 2.33. The number of amides is 1. The van der Waals surface area contributed by atoms with Gasteiger partial charge >= 0.3 is 0 Å². The third-order valence-corrected chi connectivity index (χ3v) is 6.28. The van der Waals surface area contributed by atoms with Gasteiger partial charge in [0.05, 0.1) is 9.77 Å². The molecule has 1 N–H and O–H groups in total. The van der Waals surface area contributed by atoms with Crippen LogP contribution in [0.4, 0.5) is 0 Å². The number of nitrogens with one attached hydrogen (secondary N) is 1. The lowest BCUT2D eigenvalue weighted by Gasteiger charge is -2.32. The van der Waals surface area contributed by atoms with Gasteiger partial charge in [0.25, 0.3) is 5.91 Å². The first-order valence-corrected chi connectivity index (χ1v) is 9.83. The number of rotatable bonds is 4. The first kappa shape index (κ1) is 16.2. The second-order valence-electron chi connectivity index (χ2n) is 5.48. The lowest BCUT2D eigenvalue weighted by molar-refractivity contribution is 0.0716. The van der Waals surface area contributed by atoms with Crippen molar-refractivity contribution < 1.29 is 13.2 Å². The molecule has 122 valence electrons. The lowest BCUT2D eigenvalue weighted by Crippen LogP contribution is -2.46. The van der Waals surface area contributed by atoms with E-state index in [0.717, 1.165) is 4.88 Å². The molecule has 23 heavy (non-hydrogen) atoms. The molecule has 5 nitrogen and oxygen atoms in total. The van der Waals surface area contributed by atoms with Gasteiger partial charge in [-0.3, -0.25) is 4.79 Å². The molecule has 0 bridgehead atoms. The maximum atomic E-state index is 12.3. The minimum Gasteiger partial charge on any atom is -0.338 e. The second-order valence-corrected chi connectivity index (χ2v) is 8.14. The van der Waals surface area contributed by atoms with E-state index in [2.05, 4.69) is 4.72 Å². The van der Waals surface area contributed by atoms with E-state index in [9.17, 15) is 13.2 Å². The third-order valence-electron chi connectivity index (χ3n) is 3.89. The van der Waals surface area contributed by atoms with Crippen LogP contribution in [-0.4, -0.2) is 38.4 Å². The Morgan fingerprint density at radius 1 is 1.09 bits per heavy atom. The summed E-state index contributed by atoms with van der Waals surface area (Å²) in [5, 5.41) is 1.88. The molecule has 1 aromatic heterocycles. The molecule has 0 atom stereocenters. The Hall–Kier alpha value is -1.70. The average molecular weight is 350 g/mol. The van der Waals surface area contributed by atoms with Crippen molar-refractivity contribution in [2.24, 2.45) is 0 Å². The number of nitrogens with zero attached hydrogens (tertiary/aromatic N) is 1. The zero-order valence-electron chi connectivity index (χ0n) is 12.5. The molecular formula is C16H18N2O3S2. The largest absolute Gasteiger partial charge is 0.338 e. The van der Waals surface area contributed by atoms with E-state index < -0.39 is 10.0 Å².